The van der Waals surface area contributed by atoms with Gasteiger partial charge in [0.2, 0.25) is 5.91 Å². The van der Waals surface area contributed by atoms with Gasteiger partial charge in [0.25, 0.3) is 0 Å². The van der Waals surface area contributed by atoms with Crippen molar-refractivity contribution in [2.75, 3.05) is 19.6 Å². The molecule has 0 spiro atoms. The van der Waals surface area contributed by atoms with E-state index in [-0.39, 0.29) is 5.92 Å². The highest BCUT2D eigenvalue weighted by atomic mass is 16.2. The van der Waals surface area contributed by atoms with Gasteiger partial charge in [-0.1, -0.05) is 33.6 Å². The summed E-state index contributed by atoms with van der Waals surface area (Å²) in [5.41, 5.74) is 5.48. The fourth-order valence-electron chi connectivity index (χ4n) is 2.09. The number of rotatable bonds is 9. The van der Waals surface area contributed by atoms with E-state index in [0.717, 1.165) is 38.8 Å². The molecule has 0 aromatic rings. The smallest absolute Gasteiger partial charge is 0.225 e. The van der Waals surface area contributed by atoms with Crippen molar-refractivity contribution in [2.45, 2.75) is 53.4 Å². The van der Waals surface area contributed by atoms with Crippen molar-refractivity contribution in [1.82, 2.24) is 4.90 Å². The molecule has 0 fully saturated rings. The molecule has 0 heterocycles. The van der Waals surface area contributed by atoms with Gasteiger partial charge in [-0.2, -0.15) is 0 Å². The molecular weight excluding hydrogens is 212 g/mol. The van der Waals surface area contributed by atoms with Crippen LogP contribution in [0.5, 0.6) is 0 Å². The summed E-state index contributed by atoms with van der Waals surface area (Å²) in [6.07, 6.45) is 4.15. The van der Waals surface area contributed by atoms with Crippen LogP contribution in [0.15, 0.2) is 0 Å². The van der Waals surface area contributed by atoms with Crippen LogP contribution in [-0.4, -0.2) is 30.4 Å². The quantitative estimate of drug-likeness (QED) is 0.675. The molecule has 1 amide bonds. The van der Waals surface area contributed by atoms with E-state index in [9.17, 15) is 4.79 Å². The molecule has 2 N–H and O–H groups in total. The van der Waals surface area contributed by atoms with Gasteiger partial charge < -0.3 is 10.6 Å². The van der Waals surface area contributed by atoms with E-state index in [2.05, 4.69) is 20.8 Å². The molecule has 0 aliphatic heterocycles. The number of hydrogen-bond donors (Lipinski definition) is 1. The maximum absolute atomic E-state index is 12.2. The molecule has 0 saturated heterocycles. The predicted octanol–water partition coefficient (Wildman–Crippen LogP) is 2.65. The van der Waals surface area contributed by atoms with Crippen molar-refractivity contribution in [3.63, 3.8) is 0 Å². The van der Waals surface area contributed by atoms with E-state index in [0.29, 0.717) is 18.4 Å². The molecule has 1 atom stereocenters. The SMILES string of the molecule is CCC(CC)CN(CC)C(=O)C(C)CCCN. The summed E-state index contributed by atoms with van der Waals surface area (Å²) in [4.78, 5) is 14.2. The van der Waals surface area contributed by atoms with E-state index in [4.69, 9.17) is 5.73 Å². The van der Waals surface area contributed by atoms with Crippen molar-refractivity contribution in [3.8, 4) is 0 Å². The van der Waals surface area contributed by atoms with Crippen LogP contribution in [0.4, 0.5) is 0 Å². The van der Waals surface area contributed by atoms with Gasteiger partial charge in [-0.05, 0) is 32.2 Å². The molecule has 0 bridgehead atoms. The molecule has 0 rings (SSSR count). The van der Waals surface area contributed by atoms with Crippen LogP contribution in [0.3, 0.4) is 0 Å². The molecule has 0 aliphatic carbocycles. The van der Waals surface area contributed by atoms with Crippen molar-refractivity contribution in [2.24, 2.45) is 17.6 Å². The Morgan fingerprint density at radius 3 is 2.24 bits per heavy atom. The number of nitrogens with zero attached hydrogens (tertiary/aromatic N) is 1. The van der Waals surface area contributed by atoms with Gasteiger partial charge >= 0.3 is 0 Å². The first-order chi connectivity index (χ1) is 8.10. The summed E-state index contributed by atoms with van der Waals surface area (Å²) in [6.45, 7) is 10.9. The van der Waals surface area contributed by atoms with Gasteiger partial charge in [0.05, 0.1) is 0 Å². The molecule has 0 aromatic heterocycles. The van der Waals surface area contributed by atoms with E-state index >= 15 is 0 Å². The number of nitrogens with two attached hydrogens (primary N) is 1. The Kier molecular flexibility index (Phi) is 9.14. The molecule has 0 aliphatic rings. The normalized spacial score (nSPS) is 12.8. The summed E-state index contributed by atoms with van der Waals surface area (Å²) >= 11 is 0. The van der Waals surface area contributed by atoms with E-state index in [1.165, 1.54) is 0 Å². The van der Waals surface area contributed by atoms with Gasteiger partial charge in [0.15, 0.2) is 0 Å². The van der Waals surface area contributed by atoms with Crippen LogP contribution in [0.2, 0.25) is 0 Å². The fourth-order valence-corrected chi connectivity index (χ4v) is 2.09. The zero-order chi connectivity index (χ0) is 13.3. The lowest BCUT2D eigenvalue weighted by atomic mass is 10.00. The third-order valence-corrected chi connectivity index (χ3v) is 3.59. The number of carbonyl (C=O) groups excluding carboxylic acids is 1. The molecule has 0 aromatic carbocycles. The van der Waals surface area contributed by atoms with Crippen LogP contribution >= 0.6 is 0 Å². The third kappa shape index (κ3) is 6.06. The van der Waals surface area contributed by atoms with Crippen molar-refractivity contribution < 1.29 is 4.79 Å². The maximum Gasteiger partial charge on any atom is 0.225 e. The summed E-state index contributed by atoms with van der Waals surface area (Å²) < 4.78 is 0. The van der Waals surface area contributed by atoms with Crippen molar-refractivity contribution in [3.05, 3.63) is 0 Å². The molecule has 0 saturated carbocycles. The monoisotopic (exact) mass is 242 g/mol. The molecule has 0 radical (unpaired) electrons. The number of hydrogen-bond acceptors (Lipinski definition) is 2. The average molecular weight is 242 g/mol. The first-order valence-electron chi connectivity index (χ1n) is 7.09. The second kappa shape index (κ2) is 9.46. The van der Waals surface area contributed by atoms with Crippen molar-refractivity contribution in [1.29, 1.82) is 0 Å². The summed E-state index contributed by atoms with van der Waals surface area (Å²) in [6, 6.07) is 0. The summed E-state index contributed by atoms with van der Waals surface area (Å²) in [5, 5.41) is 0. The Bertz CT molecular complexity index is 202. The van der Waals surface area contributed by atoms with Crippen LogP contribution in [0, 0.1) is 11.8 Å². The number of amides is 1. The van der Waals surface area contributed by atoms with Gasteiger partial charge in [-0.3, -0.25) is 4.79 Å². The lowest BCUT2D eigenvalue weighted by molar-refractivity contribution is -0.135. The van der Waals surface area contributed by atoms with E-state index in [1.54, 1.807) is 0 Å². The Balaban J connectivity index is 4.28. The van der Waals surface area contributed by atoms with Crippen LogP contribution in [0.25, 0.3) is 0 Å². The van der Waals surface area contributed by atoms with Crippen LogP contribution in [-0.2, 0) is 4.79 Å². The second-order valence-corrected chi connectivity index (χ2v) is 4.89. The van der Waals surface area contributed by atoms with E-state index < -0.39 is 0 Å². The van der Waals surface area contributed by atoms with Gasteiger partial charge in [0.1, 0.15) is 0 Å². The van der Waals surface area contributed by atoms with Crippen LogP contribution < -0.4 is 5.73 Å². The highest BCUT2D eigenvalue weighted by Crippen LogP contribution is 2.14. The Labute approximate surface area is 107 Å². The Hall–Kier alpha value is -0.570. The zero-order valence-corrected chi connectivity index (χ0v) is 12.0. The van der Waals surface area contributed by atoms with Crippen molar-refractivity contribution >= 4 is 5.91 Å². The minimum atomic E-state index is 0.118. The third-order valence-electron chi connectivity index (χ3n) is 3.59. The average Bonchev–Trinajstić information content (AvgIpc) is 2.36. The lowest BCUT2D eigenvalue weighted by Crippen LogP contribution is -2.38. The topological polar surface area (TPSA) is 46.3 Å². The minimum Gasteiger partial charge on any atom is -0.342 e. The summed E-state index contributed by atoms with van der Waals surface area (Å²) in [5.74, 6) is 1.06. The predicted molar refractivity (Wildman–Crippen MR) is 73.8 cm³/mol. The molecular formula is C14H30N2O. The number of carbonyl (C=O) groups is 1. The Morgan fingerprint density at radius 2 is 1.82 bits per heavy atom. The van der Waals surface area contributed by atoms with Crippen LogP contribution in [0.1, 0.15) is 53.4 Å². The Morgan fingerprint density at radius 1 is 1.24 bits per heavy atom. The highest BCUT2D eigenvalue weighted by molar-refractivity contribution is 5.78. The lowest BCUT2D eigenvalue weighted by Gasteiger charge is -2.28. The van der Waals surface area contributed by atoms with Gasteiger partial charge in [0, 0.05) is 19.0 Å². The standard InChI is InChI=1S/C14H30N2O/c1-5-13(6-2)11-16(7-3)14(17)12(4)9-8-10-15/h12-13H,5-11,15H2,1-4H3. The molecule has 17 heavy (non-hydrogen) atoms. The first kappa shape index (κ1) is 16.4. The zero-order valence-electron chi connectivity index (χ0n) is 12.0. The molecule has 3 heteroatoms. The molecule has 102 valence electrons. The first-order valence-corrected chi connectivity index (χ1v) is 7.09. The molecule has 1 unspecified atom stereocenters. The molecule has 3 nitrogen and oxygen atoms in total. The fraction of sp³-hybridized carbons (Fsp3) is 0.929. The maximum atomic E-state index is 12.2. The largest absolute Gasteiger partial charge is 0.342 e. The second-order valence-electron chi connectivity index (χ2n) is 4.89. The van der Waals surface area contributed by atoms with Gasteiger partial charge in [-0.15, -0.1) is 0 Å². The minimum absolute atomic E-state index is 0.118. The van der Waals surface area contributed by atoms with E-state index in [1.807, 2.05) is 11.8 Å². The van der Waals surface area contributed by atoms with Gasteiger partial charge in [-0.25, -0.2) is 0 Å². The highest BCUT2D eigenvalue weighted by Gasteiger charge is 2.20. The summed E-state index contributed by atoms with van der Waals surface area (Å²) in [7, 11) is 0.